The maximum Gasteiger partial charge on any atom is 0.107 e. The lowest BCUT2D eigenvalue weighted by molar-refractivity contribution is 0.304. The molecule has 0 spiro atoms. The number of hydrogen-bond donors (Lipinski definition) is 2. The van der Waals surface area contributed by atoms with Crippen LogP contribution in [-0.4, -0.2) is 17.3 Å². The summed E-state index contributed by atoms with van der Waals surface area (Å²) in [7, 11) is 0. The molecule has 2 bridgehead atoms. The van der Waals surface area contributed by atoms with Crippen molar-refractivity contribution in [2.45, 2.75) is 43.5 Å². The van der Waals surface area contributed by atoms with Crippen LogP contribution >= 0.6 is 24.0 Å². The van der Waals surface area contributed by atoms with Crippen LogP contribution in [0.4, 0.5) is 5.69 Å². The Morgan fingerprint density at radius 2 is 2.19 bits per heavy atom. The minimum atomic E-state index is 0.489. The fourth-order valence-corrected chi connectivity index (χ4v) is 5.26. The first-order chi connectivity index (χ1) is 10.1. The highest BCUT2D eigenvalue weighted by molar-refractivity contribution is 7.98. The summed E-state index contributed by atoms with van der Waals surface area (Å²) >= 11 is 6.97. The molecule has 0 saturated heterocycles. The topological polar surface area (TPSA) is 38.0 Å². The molecule has 1 aromatic rings. The van der Waals surface area contributed by atoms with E-state index in [9.17, 15) is 0 Å². The van der Waals surface area contributed by atoms with E-state index in [-0.39, 0.29) is 0 Å². The average Bonchev–Trinajstić information content (AvgIpc) is 3.09. The van der Waals surface area contributed by atoms with Crippen LogP contribution in [0.3, 0.4) is 0 Å². The Bertz CT molecular complexity index is 544. The maximum atomic E-state index is 5.96. The molecule has 4 atom stereocenters. The molecule has 0 radical (unpaired) electrons. The molecular weight excluding hydrogens is 296 g/mol. The average molecular weight is 321 g/mol. The summed E-state index contributed by atoms with van der Waals surface area (Å²) in [5, 5.41) is 3.71. The van der Waals surface area contributed by atoms with Crippen LogP contribution in [0.25, 0.3) is 0 Å². The fraction of sp³-hybridized carbons (Fsp3) is 0.588. The third-order valence-corrected chi connectivity index (χ3v) is 6.29. The van der Waals surface area contributed by atoms with E-state index in [4.69, 9.17) is 18.0 Å². The zero-order valence-corrected chi connectivity index (χ0v) is 14.4. The highest BCUT2D eigenvalue weighted by atomic mass is 32.2. The van der Waals surface area contributed by atoms with Gasteiger partial charge in [-0.05, 0) is 62.3 Å². The van der Waals surface area contributed by atoms with Crippen LogP contribution in [0.15, 0.2) is 23.1 Å². The molecule has 2 aliphatic rings. The molecule has 0 aromatic heterocycles. The molecule has 3 rings (SSSR count). The Kier molecular flexibility index (Phi) is 4.46. The van der Waals surface area contributed by atoms with Gasteiger partial charge in [0.2, 0.25) is 0 Å². The summed E-state index contributed by atoms with van der Waals surface area (Å²) in [6.45, 7) is 2.32. The van der Waals surface area contributed by atoms with Gasteiger partial charge >= 0.3 is 0 Å². The van der Waals surface area contributed by atoms with Gasteiger partial charge in [-0.15, -0.1) is 11.8 Å². The van der Waals surface area contributed by atoms with Crippen LogP contribution in [0.5, 0.6) is 0 Å². The maximum absolute atomic E-state index is 5.96. The van der Waals surface area contributed by atoms with E-state index < -0.39 is 0 Å². The number of hydrogen-bond acceptors (Lipinski definition) is 3. The standard InChI is InChI=1S/C17H24N2S2/c1-10(13-9-11-6-7-12(13)8-11)19-14-4-3-5-15(21-2)16(14)17(18)20/h3-5,10-13,19H,6-9H2,1-2H3,(H2,18,20). The lowest BCUT2D eigenvalue weighted by Gasteiger charge is -2.30. The van der Waals surface area contributed by atoms with E-state index in [1.54, 1.807) is 11.8 Å². The van der Waals surface area contributed by atoms with E-state index in [0.717, 1.165) is 33.9 Å². The number of nitrogens with two attached hydrogens (primary N) is 1. The monoisotopic (exact) mass is 320 g/mol. The summed E-state index contributed by atoms with van der Waals surface area (Å²) in [6.07, 6.45) is 7.79. The first-order valence-corrected chi connectivity index (χ1v) is 9.46. The second kappa shape index (κ2) is 6.17. The van der Waals surface area contributed by atoms with Crippen molar-refractivity contribution in [3.63, 3.8) is 0 Å². The highest BCUT2D eigenvalue weighted by Gasteiger charge is 2.41. The second-order valence-corrected chi connectivity index (χ2v) is 7.81. The molecule has 3 N–H and O–H groups in total. The molecule has 1 aromatic carbocycles. The molecule has 2 nitrogen and oxygen atoms in total. The quantitative estimate of drug-likeness (QED) is 0.627. The summed E-state index contributed by atoms with van der Waals surface area (Å²) in [4.78, 5) is 1.65. The van der Waals surface area contributed by atoms with E-state index >= 15 is 0 Å². The second-order valence-electron chi connectivity index (χ2n) is 6.52. The summed E-state index contributed by atoms with van der Waals surface area (Å²) in [6, 6.07) is 6.78. The number of fused-ring (bicyclic) bond motifs is 2. The first kappa shape index (κ1) is 15.2. The summed E-state index contributed by atoms with van der Waals surface area (Å²) in [5.41, 5.74) is 8.07. The predicted molar refractivity (Wildman–Crippen MR) is 96.1 cm³/mol. The van der Waals surface area contributed by atoms with Crippen molar-refractivity contribution in [3.8, 4) is 0 Å². The normalized spacial score (nSPS) is 28.6. The molecule has 4 heteroatoms. The largest absolute Gasteiger partial charge is 0.389 e. The van der Waals surface area contributed by atoms with E-state index in [2.05, 4.69) is 36.7 Å². The fourth-order valence-electron chi connectivity index (χ4n) is 4.33. The van der Waals surface area contributed by atoms with Gasteiger partial charge in [0.15, 0.2) is 0 Å². The van der Waals surface area contributed by atoms with Crippen molar-refractivity contribution >= 4 is 34.7 Å². The molecule has 4 unspecified atom stereocenters. The number of thiocarbonyl (C=S) groups is 1. The van der Waals surface area contributed by atoms with E-state index in [0.29, 0.717) is 11.0 Å². The van der Waals surface area contributed by atoms with Gasteiger partial charge < -0.3 is 11.1 Å². The van der Waals surface area contributed by atoms with Crippen LogP contribution in [-0.2, 0) is 0 Å². The van der Waals surface area contributed by atoms with Crippen molar-refractivity contribution in [2.24, 2.45) is 23.5 Å². The minimum absolute atomic E-state index is 0.489. The van der Waals surface area contributed by atoms with Gasteiger partial charge in [0, 0.05) is 22.2 Å². The third-order valence-electron chi connectivity index (χ3n) is 5.31. The van der Waals surface area contributed by atoms with Crippen molar-refractivity contribution < 1.29 is 0 Å². The molecule has 0 aliphatic heterocycles. The number of thioether (sulfide) groups is 1. The summed E-state index contributed by atoms with van der Waals surface area (Å²) in [5.74, 6) is 2.72. The molecule has 2 aliphatic carbocycles. The molecule has 2 fully saturated rings. The molecule has 0 amide bonds. The molecular formula is C17H24N2S2. The molecule has 114 valence electrons. The Morgan fingerprint density at radius 1 is 1.38 bits per heavy atom. The van der Waals surface area contributed by atoms with Gasteiger partial charge in [-0.25, -0.2) is 0 Å². The highest BCUT2D eigenvalue weighted by Crippen LogP contribution is 2.50. The van der Waals surface area contributed by atoms with Gasteiger partial charge in [-0.1, -0.05) is 24.7 Å². The van der Waals surface area contributed by atoms with Crippen LogP contribution in [0.1, 0.15) is 38.2 Å². The number of nitrogens with one attached hydrogen (secondary N) is 1. The third kappa shape index (κ3) is 2.93. The number of anilines is 1. The number of rotatable bonds is 5. The lowest BCUT2D eigenvalue weighted by atomic mass is 9.84. The van der Waals surface area contributed by atoms with Gasteiger partial charge in [-0.3, -0.25) is 0 Å². The van der Waals surface area contributed by atoms with E-state index in [1.165, 1.54) is 25.7 Å². The summed E-state index contributed by atoms with van der Waals surface area (Å²) < 4.78 is 0. The van der Waals surface area contributed by atoms with E-state index in [1.807, 2.05) is 0 Å². The Balaban J connectivity index is 1.79. The Morgan fingerprint density at radius 3 is 2.76 bits per heavy atom. The SMILES string of the molecule is CSc1cccc(NC(C)C2CC3CCC2C3)c1C(N)=S. The van der Waals surface area contributed by atoms with Crippen molar-refractivity contribution in [1.82, 2.24) is 0 Å². The zero-order valence-electron chi connectivity index (χ0n) is 12.8. The Labute approximate surface area is 137 Å². The van der Waals surface area contributed by atoms with Gasteiger partial charge in [-0.2, -0.15) is 0 Å². The molecule has 2 saturated carbocycles. The van der Waals surface area contributed by atoms with Crippen LogP contribution in [0, 0.1) is 17.8 Å². The zero-order chi connectivity index (χ0) is 15.0. The Hall–Kier alpha value is -0.740. The van der Waals surface area contributed by atoms with Gasteiger partial charge in [0.1, 0.15) is 4.99 Å². The smallest absolute Gasteiger partial charge is 0.107 e. The van der Waals surface area contributed by atoms with Gasteiger partial charge in [0.05, 0.1) is 0 Å². The minimum Gasteiger partial charge on any atom is -0.389 e. The first-order valence-electron chi connectivity index (χ1n) is 7.83. The molecule has 21 heavy (non-hydrogen) atoms. The van der Waals surface area contributed by atoms with Crippen molar-refractivity contribution in [3.05, 3.63) is 23.8 Å². The predicted octanol–water partition coefficient (Wildman–Crippen LogP) is 4.28. The van der Waals surface area contributed by atoms with Crippen molar-refractivity contribution in [1.29, 1.82) is 0 Å². The molecule has 0 heterocycles. The number of benzene rings is 1. The van der Waals surface area contributed by atoms with Crippen molar-refractivity contribution in [2.75, 3.05) is 11.6 Å². The van der Waals surface area contributed by atoms with Gasteiger partial charge in [0.25, 0.3) is 0 Å². The lowest BCUT2D eigenvalue weighted by Crippen LogP contribution is -2.31. The van der Waals surface area contributed by atoms with Crippen LogP contribution in [0.2, 0.25) is 0 Å². The van der Waals surface area contributed by atoms with Crippen LogP contribution < -0.4 is 11.1 Å².